The summed E-state index contributed by atoms with van der Waals surface area (Å²) in [4.78, 5) is 32.9. The van der Waals surface area contributed by atoms with Gasteiger partial charge in [0.1, 0.15) is 11.9 Å². The van der Waals surface area contributed by atoms with Crippen molar-refractivity contribution in [2.24, 2.45) is 0 Å². The lowest BCUT2D eigenvalue weighted by Gasteiger charge is -2.22. The maximum Gasteiger partial charge on any atom is 0.249 e. The van der Waals surface area contributed by atoms with Gasteiger partial charge in [-0.25, -0.2) is 9.07 Å². The Hall–Kier alpha value is -3.33. The summed E-state index contributed by atoms with van der Waals surface area (Å²) in [6, 6.07) is 6.41. The molecule has 27 heavy (non-hydrogen) atoms. The number of hydrogen-bond acceptors (Lipinski definition) is 5. The molecule has 0 radical (unpaired) electrons. The third kappa shape index (κ3) is 3.36. The second-order valence-corrected chi connectivity index (χ2v) is 6.24. The normalized spacial score (nSPS) is 15.8. The summed E-state index contributed by atoms with van der Waals surface area (Å²) in [5, 5.41) is 9.43. The van der Waals surface area contributed by atoms with Gasteiger partial charge in [-0.3, -0.25) is 19.9 Å². The second-order valence-electron chi connectivity index (χ2n) is 5.83. The Morgan fingerprint density at radius 2 is 2.22 bits per heavy atom. The van der Waals surface area contributed by atoms with Crippen molar-refractivity contribution in [2.45, 2.75) is 12.5 Å². The first-order valence-corrected chi connectivity index (χ1v) is 8.32. The highest BCUT2D eigenvalue weighted by molar-refractivity contribution is 6.31. The van der Waals surface area contributed by atoms with E-state index < -0.39 is 17.8 Å². The summed E-state index contributed by atoms with van der Waals surface area (Å²) in [6.07, 6.45) is 3.09. The number of amides is 2. The minimum atomic E-state index is -0.907. The minimum absolute atomic E-state index is 0.108. The number of nitrogens with zero attached hydrogens (tertiary/aromatic N) is 4. The van der Waals surface area contributed by atoms with Crippen LogP contribution < -0.4 is 10.6 Å². The van der Waals surface area contributed by atoms with Crippen LogP contribution >= 0.6 is 11.6 Å². The quantitative estimate of drug-likeness (QED) is 0.720. The van der Waals surface area contributed by atoms with Crippen molar-refractivity contribution < 1.29 is 14.0 Å². The number of hydrogen-bond donors (Lipinski definition) is 2. The average molecular weight is 387 g/mol. The molecule has 2 aromatic heterocycles. The molecule has 3 aromatic rings. The lowest BCUT2D eigenvalue weighted by Crippen LogP contribution is -2.36. The average Bonchev–Trinajstić information content (AvgIpc) is 3.08. The Morgan fingerprint density at radius 3 is 2.96 bits per heavy atom. The number of pyridine rings is 1. The molecule has 2 N–H and O–H groups in total. The Kier molecular flexibility index (Phi) is 4.28. The molecule has 3 heterocycles. The maximum atomic E-state index is 13.3. The van der Waals surface area contributed by atoms with Crippen LogP contribution in [0, 0.1) is 5.82 Å². The predicted octanol–water partition coefficient (Wildman–Crippen LogP) is 2.65. The van der Waals surface area contributed by atoms with Gasteiger partial charge >= 0.3 is 0 Å². The molecule has 1 aliphatic rings. The van der Waals surface area contributed by atoms with E-state index in [-0.39, 0.29) is 23.3 Å². The summed E-state index contributed by atoms with van der Waals surface area (Å²) in [6.45, 7) is 0. The molecule has 1 aliphatic heterocycles. The summed E-state index contributed by atoms with van der Waals surface area (Å²) < 4.78 is 14.6. The van der Waals surface area contributed by atoms with Gasteiger partial charge in [-0.1, -0.05) is 11.6 Å². The number of fused-ring (bicyclic) bond motifs is 1. The van der Waals surface area contributed by atoms with Gasteiger partial charge in [-0.05, 0) is 30.3 Å². The van der Waals surface area contributed by atoms with Crippen molar-refractivity contribution in [2.75, 3.05) is 10.6 Å². The zero-order valence-electron chi connectivity index (χ0n) is 13.7. The summed E-state index contributed by atoms with van der Waals surface area (Å²) >= 11 is 5.73. The Bertz CT molecular complexity index is 1040. The first-order valence-electron chi connectivity index (χ1n) is 7.94. The molecule has 2 amide bonds. The smallest absolute Gasteiger partial charge is 0.249 e. The summed E-state index contributed by atoms with van der Waals surface area (Å²) in [5.41, 5.74) is 0.963. The Balaban J connectivity index is 1.64. The SMILES string of the molecule is O=C1C[C@@H](C(=O)Nc2ccc(F)c(Cl)c2)n2nc(-c3cccnc3)nc2N1. The van der Waals surface area contributed by atoms with E-state index in [2.05, 4.69) is 25.7 Å². The van der Waals surface area contributed by atoms with Crippen LogP contribution in [-0.2, 0) is 9.59 Å². The van der Waals surface area contributed by atoms with E-state index in [4.69, 9.17) is 11.6 Å². The standard InChI is InChI=1S/C17H12ClFN6O2/c18-11-6-10(3-4-12(11)19)21-16(27)13-7-14(26)22-17-23-15(24-25(13)17)9-2-1-5-20-8-9/h1-6,8,13H,7H2,(H,21,27)(H,22,23,24,26)/t13-/m0/s1. The zero-order valence-corrected chi connectivity index (χ0v) is 14.4. The highest BCUT2D eigenvalue weighted by Crippen LogP contribution is 2.27. The van der Waals surface area contributed by atoms with E-state index in [1.165, 1.54) is 16.8 Å². The van der Waals surface area contributed by atoms with Crippen LogP contribution in [0.25, 0.3) is 11.4 Å². The number of rotatable bonds is 3. The molecule has 10 heteroatoms. The van der Waals surface area contributed by atoms with Crippen molar-refractivity contribution >= 4 is 35.1 Å². The molecule has 136 valence electrons. The van der Waals surface area contributed by atoms with Crippen molar-refractivity contribution in [3.05, 3.63) is 53.6 Å². The summed E-state index contributed by atoms with van der Waals surface area (Å²) in [5.74, 6) is -0.932. The number of carbonyl (C=O) groups is 2. The molecule has 0 fully saturated rings. The molecule has 4 rings (SSSR count). The molecule has 0 bridgehead atoms. The molecule has 1 atom stereocenters. The topological polar surface area (TPSA) is 102 Å². The zero-order chi connectivity index (χ0) is 19.0. The molecule has 0 spiro atoms. The first kappa shape index (κ1) is 17.1. The van der Waals surface area contributed by atoms with E-state index >= 15 is 0 Å². The third-order valence-corrected chi connectivity index (χ3v) is 4.26. The van der Waals surface area contributed by atoms with Crippen LogP contribution in [0.1, 0.15) is 12.5 Å². The molecule has 1 aromatic carbocycles. The van der Waals surface area contributed by atoms with Crippen LogP contribution in [-0.4, -0.2) is 31.6 Å². The molecule has 0 aliphatic carbocycles. The predicted molar refractivity (Wildman–Crippen MR) is 95.6 cm³/mol. The molecule has 8 nitrogen and oxygen atoms in total. The second kappa shape index (κ2) is 6.76. The van der Waals surface area contributed by atoms with E-state index in [0.29, 0.717) is 17.1 Å². The Morgan fingerprint density at radius 1 is 1.37 bits per heavy atom. The van der Waals surface area contributed by atoms with Gasteiger partial charge in [0, 0.05) is 23.6 Å². The number of halogens is 2. The van der Waals surface area contributed by atoms with E-state index in [9.17, 15) is 14.0 Å². The van der Waals surface area contributed by atoms with Gasteiger partial charge < -0.3 is 5.32 Å². The molecule has 0 unspecified atom stereocenters. The third-order valence-electron chi connectivity index (χ3n) is 3.97. The van der Waals surface area contributed by atoms with Crippen LogP contribution in [0.4, 0.5) is 16.0 Å². The molecular weight excluding hydrogens is 375 g/mol. The van der Waals surface area contributed by atoms with E-state index in [1.807, 2.05) is 0 Å². The number of carbonyl (C=O) groups excluding carboxylic acids is 2. The highest BCUT2D eigenvalue weighted by Gasteiger charge is 2.33. The number of anilines is 2. The fourth-order valence-electron chi connectivity index (χ4n) is 2.68. The van der Waals surface area contributed by atoms with Crippen molar-refractivity contribution in [3.8, 4) is 11.4 Å². The number of benzene rings is 1. The minimum Gasteiger partial charge on any atom is -0.324 e. The van der Waals surface area contributed by atoms with Gasteiger partial charge in [0.2, 0.25) is 17.8 Å². The van der Waals surface area contributed by atoms with Crippen molar-refractivity contribution in [3.63, 3.8) is 0 Å². The summed E-state index contributed by atoms with van der Waals surface area (Å²) in [7, 11) is 0. The van der Waals surface area contributed by atoms with Crippen molar-refractivity contribution in [1.29, 1.82) is 0 Å². The van der Waals surface area contributed by atoms with Crippen molar-refractivity contribution in [1.82, 2.24) is 19.7 Å². The van der Waals surface area contributed by atoms with Crippen LogP contribution in [0.5, 0.6) is 0 Å². The monoisotopic (exact) mass is 386 g/mol. The molecule has 0 saturated heterocycles. The van der Waals surface area contributed by atoms with Gasteiger partial charge in [0.05, 0.1) is 11.4 Å². The lowest BCUT2D eigenvalue weighted by molar-refractivity contribution is -0.125. The maximum absolute atomic E-state index is 13.3. The molecular formula is C17H12ClFN6O2. The van der Waals surface area contributed by atoms with Crippen LogP contribution in [0.2, 0.25) is 5.02 Å². The molecule has 0 saturated carbocycles. The van der Waals surface area contributed by atoms with Gasteiger partial charge in [0.25, 0.3) is 0 Å². The van der Waals surface area contributed by atoms with Crippen LogP contribution in [0.3, 0.4) is 0 Å². The van der Waals surface area contributed by atoms with Gasteiger partial charge in [-0.2, -0.15) is 4.98 Å². The van der Waals surface area contributed by atoms with Gasteiger partial charge in [-0.15, -0.1) is 5.10 Å². The van der Waals surface area contributed by atoms with Crippen LogP contribution in [0.15, 0.2) is 42.7 Å². The largest absolute Gasteiger partial charge is 0.324 e. The van der Waals surface area contributed by atoms with Gasteiger partial charge in [0.15, 0.2) is 5.82 Å². The van der Waals surface area contributed by atoms with E-state index in [1.54, 1.807) is 24.5 Å². The Labute approximate surface area is 157 Å². The highest BCUT2D eigenvalue weighted by atomic mass is 35.5. The number of nitrogens with one attached hydrogen (secondary N) is 2. The fraction of sp³-hybridized carbons (Fsp3) is 0.118. The number of aromatic nitrogens is 4. The fourth-order valence-corrected chi connectivity index (χ4v) is 2.86. The van der Waals surface area contributed by atoms with E-state index in [0.717, 1.165) is 6.07 Å². The lowest BCUT2D eigenvalue weighted by atomic mass is 10.1. The first-order chi connectivity index (χ1) is 13.0.